The van der Waals surface area contributed by atoms with Crippen LogP contribution in [0.2, 0.25) is 0 Å². The Hall–Kier alpha value is -1.94. The summed E-state index contributed by atoms with van der Waals surface area (Å²) in [6.45, 7) is 13.9. The highest BCUT2D eigenvalue weighted by Crippen LogP contribution is 2.22. The van der Waals surface area contributed by atoms with Gasteiger partial charge in [-0.25, -0.2) is 9.97 Å². The first-order chi connectivity index (χ1) is 12.0. The van der Waals surface area contributed by atoms with Crippen molar-refractivity contribution in [1.29, 1.82) is 0 Å². The summed E-state index contributed by atoms with van der Waals surface area (Å²) in [4.78, 5) is 14.6. The van der Waals surface area contributed by atoms with E-state index in [1.165, 1.54) is 5.56 Å². The molecule has 0 amide bonds. The third kappa shape index (κ3) is 4.57. The zero-order chi connectivity index (χ0) is 17.8. The van der Waals surface area contributed by atoms with Crippen molar-refractivity contribution >= 4 is 5.95 Å². The number of anilines is 1. The van der Waals surface area contributed by atoms with E-state index in [1.807, 2.05) is 0 Å². The molecule has 4 nitrogen and oxygen atoms in total. The zero-order valence-electron chi connectivity index (χ0n) is 15.9. The Bertz CT molecular complexity index is 647. The average molecular weight is 338 g/mol. The van der Waals surface area contributed by atoms with E-state index in [4.69, 9.17) is 9.97 Å². The molecule has 0 spiro atoms. The Labute approximate surface area is 151 Å². The molecule has 0 radical (unpaired) electrons. The third-order valence-corrected chi connectivity index (χ3v) is 4.84. The highest BCUT2D eigenvalue weighted by molar-refractivity contribution is 5.35. The van der Waals surface area contributed by atoms with E-state index in [0.717, 1.165) is 50.1 Å². The molecular weight excluding hydrogens is 308 g/mol. The fraction of sp³-hybridized carbons (Fsp3) is 0.524. The molecule has 0 aliphatic carbocycles. The van der Waals surface area contributed by atoms with Gasteiger partial charge in [0, 0.05) is 44.1 Å². The fourth-order valence-electron chi connectivity index (χ4n) is 3.15. The summed E-state index contributed by atoms with van der Waals surface area (Å²) < 4.78 is 0. The van der Waals surface area contributed by atoms with Gasteiger partial charge in [-0.15, -0.1) is 0 Å². The monoisotopic (exact) mass is 338 g/mol. The van der Waals surface area contributed by atoms with Gasteiger partial charge in [0.25, 0.3) is 0 Å². The van der Waals surface area contributed by atoms with Crippen molar-refractivity contribution in [2.24, 2.45) is 0 Å². The first-order valence-electron chi connectivity index (χ1n) is 9.43. The molecule has 0 saturated carbocycles. The molecule has 1 aromatic heterocycles. The molecule has 2 heterocycles. The Kier molecular flexibility index (Phi) is 5.69. The molecule has 3 rings (SSSR count). The summed E-state index contributed by atoms with van der Waals surface area (Å²) in [6.07, 6.45) is 0. The van der Waals surface area contributed by atoms with Gasteiger partial charge in [-0.1, -0.05) is 58.0 Å². The molecule has 0 atom stereocenters. The Morgan fingerprint density at radius 3 is 1.92 bits per heavy atom. The van der Waals surface area contributed by atoms with Crippen LogP contribution in [-0.4, -0.2) is 41.0 Å². The SMILES string of the molecule is CC(C)c1cc(C(C)C)nc(N2CCN(Cc3ccccc3)CC2)n1. The maximum Gasteiger partial charge on any atom is 0.225 e. The maximum atomic E-state index is 4.84. The molecule has 134 valence electrons. The number of aromatic nitrogens is 2. The summed E-state index contributed by atoms with van der Waals surface area (Å²) in [6, 6.07) is 12.9. The molecule has 0 unspecified atom stereocenters. The Balaban J connectivity index is 1.68. The molecule has 1 aliphatic heterocycles. The predicted molar refractivity (Wildman–Crippen MR) is 104 cm³/mol. The maximum absolute atomic E-state index is 4.84. The molecule has 25 heavy (non-hydrogen) atoms. The van der Waals surface area contributed by atoms with E-state index >= 15 is 0 Å². The first-order valence-corrected chi connectivity index (χ1v) is 9.43. The van der Waals surface area contributed by atoms with Crippen LogP contribution in [0.3, 0.4) is 0 Å². The lowest BCUT2D eigenvalue weighted by molar-refractivity contribution is 0.248. The van der Waals surface area contributed by atoms with Crippen LogP contribution in [0, 0.1) is 0 Å². The van der Waals surface area contributed by atoms with Gasteiger partial charge in [0.05, 0.1) is 0 Å². The van der Waals surface area contributed by atoms with E-state index in [-0.39, 0.29) is 0 Å². The van der Waals surface area contributed by atoms with Crippen LogP contribution in [0.4, 0.5) is 5.95 Å². The summed E-state index contributed by atoms with van der Waals surface area (Å²) in [5.41, 5.74) is 3.69. The quantitative estimate of drug-likeness (QED) is 0.823. The summed E-state index contributed by atoms with van der Waals surface area (Å²) in [5.74, 6) is 1.77. The number of hydrogen-bond donors (Lipinski definition) is 0. The van der Waals surface area contributed by atoms with Gasteiger partial charge in [0.15, 0.2) is 0 Å². The van der Waals surface area contributed by atoms with E-state index in [1.54, 1.807) is 0 Å². The Morgan fingerprint density at radius 1 is 0.840 bits per heavy atom. The molecular formula is C21H30N4. The minimum absolute atomic E-state index is 0.429. The largest absolute Gasteiger partial charge is 0.338 e. The number of piperazine rings is 1. The van der Waals surface area contributed by atoms with Gasteiger partial charge in [-0.3, -0.25) is 4.90 Å². The highest BCUT2D eigenvalue weighted by atomic mass is 15.3. The predicted octanol–water partition coefficient (Wildman–Crippen LogP) is 4.05. The second-order valence-electron chi connectivity index (χ2n) is 7.58. The van der Waals surface area contributed by atoms with E-state index in [0.29, 0.717) is 11.8 Å². The zero-order valence-corrected chi connectivity index (χ0v) is 15.9. The van der Waals surface area contributed by atoms with Gasteiger partial charge in [-0.2, -0.15) is 0 Å². The van der Waals surface area contributed by atoms with Gasteiger partial charge in [0.1, 0.15) is 0 Å². The van der Waals surface area contributed by atoms with Gasteiger partial charge in [-0.05, 0) is 23.5 Å². The van der Waals surface area contributed by atoms with Crippen LogP contribution in [0.1, 0.15) is 56.5 Å². The van der Waals surface area contributed by atoms with Gasteiger partial charge >= 0.3 is 0 Å². The van der Waals surface area contributed by atoms with Crippen LogP contribution < -0.4 is 4.90 Å². The Morgan fingerprint density at radius 2 is 1.40 bits per heavy atom. The second kappa shape index (κ2) is 7.96. The lowest BCUT2D eigenvalue weighted by Gasteiger charge is -2.35. The van der Waals surface area contributed by atoms with Crippen molar-refractivity contribution in [3.05, 3.63) is 53.3 Å². The molecule has 2 aromatic rings. The van der Waals surface area contributed by atoms with Crippen molar-refractivity contribution < 1.29 is 0 Å². The highest BCUT2D eigenvalue weighted by Gasteiger charge is 2.21. The molecule has 4 heteroatoms. The van der Waals surface area contributed by atoms with E-state index in [2.05, 4.69) is 73.9 Å². The summed E-state index contributed by atoms with van der Waals surface area (Å²) in [7, 11) is 0. The molecule has 0 N–H and O–H groups in total. The molecule has 0 bridgehead atoms. The number of nitrogens with zero attached hydrogens (tertiary/aromatic N) is 4. The second-order valence-corrected chi connectivity index (χ2v) is 7.58. The van der Waals surface area contributed by atoms with Crippen molar-refractivity contribution in [1.82, 2.24) is 14.9 Å². The van der Waals surface area contributed by atoms with Crippen LogP contribution >= 0.6 is 0 Å². The van der Waals surface area contributed by atoms with E-state index < -0.39 is 0 Å². The van der Waals surface area contributed by atoms with Crippen LogP contribution in [-0.2, 0) is 6.54 Å². The van der Waals surface area contributed by atoms with Crippen LogP contribution in [0.15, 0.2) is 36.4 Å². The van der Waals surface area contributed by atoms with Gasteiger partial charge < -0.3 is 4.90 Å². The minimum Gasteiger partial charge on any atom is -0.338 e. The molecule has 1 fully saturated rings. The average Bonchev–Trinajstić information content (AvgIpc) is 2.62. The summed E-state index contributed by atoms with van der Waals surface area (Å²) in [5, 5.41) is 0. The summed E-state index contributed by atoms with van der Waals surface area (Å²) >= 11 is 0. The standard InChI is InChI=1S/C21H30N4/c1-16(2)19-14-20(17(3)4)23-21(22-19)25-12-10-24(11-13-25)15-18-8-6-5-7-9-18/h5-9,14,16-17H,10-13,15H2,1-4H3. The van der Waals surface area contributed by atoms with Gasteiger partial charge in [0.2, 0.25) is 5.95 Å². The van der Waals surface area contributed by atoms with Crippen molar-refractivity contribution in [3.63, 3.8) is 0 Å². The lowest BCUT2D eigenvalue weighted by atomic mass is 10.1. The normalized spacial score (nSPS) is 16.0. The molecule has 1 aromatic carbocycles. The number of rotatable bonds is 5. The minimum atomic E-state index is 0.429. The topological polar surface area (TPSA) is 32.3 Å². The lowest BCUT2D eigenvalue weighted by Crippen LogP contribution is -2.46. The van der Waals surface area contributed by atoms with Crippen molar-refractivity contribution in [2.45, 2.75) is 46.1 Å². The first kappa shape index (κ1) is 17.9. The third-order valence-electron chi connectivity index (χ3n) is 4.84. The smallest absolute Gasteiger partial charge is 0.225 e. The van der Waals surface area contributed by atoms with E-state index in [9.17, 15) is 0 Å². The van der Waals surface area contributed by atoms with Crippen molar-refractivity contribution in [3.8, 4) is 0 Å². The number of benzene rings is 1. The van der Waals surface area contributed by atoms with Crippen LogP contribution in [0.5, 0.6) is 0 Å². The molecule has 1 aliphatic rings. The molecule has 1 saturated heterocycles. The van der Waals surface area contributed by atoms with Crippen molar-refractivity contribution in [2.75, 3.05) is 31.1 Å². The fourth-order valence-corrected chi connectivity index (χ4v) is 3.15. The number of hydrogen-bond acceptors (Lipinski definition) is 4. The van der Waals surface area contributed by atoms with Crippen LogP contribution in [0.25, 0.3) is 0 Å².